The van der Waals surface area contributed by atoms with Gasteiger partial charge in [-0.3, -0.25) is 14.6 Å². The summed E-state index contributed by atoms with van der Waals surface area (Å²) in [5, 5.41) is 3.70. The molecule has 0 spiro atoms. The van der Waals surface area contributed by atoms with Gasteiger partial charge in [0, 0.05) is 17.6 Å². The summed E-state index contributed by atoms with van der Waals surface area (Å²) in [6.45, 7) is 1.81. The molecule has 0 aliphatic rings. The van der Waals surface area contributed by atoms with Crippen LogP contribution < -0.4 is 5.56 Å². The van der Waals surface area contributed by atoms with E-state index >= 15 is 0 Å². The molecule has 2 aromatic rings. The largest absolute Gasteiger partial charge is 0.295 e. The Kier molecular flexibility index (Phi) is 2.40. The summed E-state index contributed by atoms with van der Waals surface area (Å²) in [4.78, 5) is 11.5. The van der Waals surface area contributed by atoms with Crippen molar-refractivity contribution in [3.63, 3.8) is 0 Å². The molecule has 1 aromatic carbocycles. The molecule has 0 amide bonds. The fourth-order valence-corrected chi connectivity index (χ4v) is 1.68. The van der Waals surface area contributed by atoms with Gasteiger partial charge in [-0.1, -0.05) is 23.7 Å². The van der Waals surface area contributed by atoms with E-state index in [1.165, 1.54) is 4.68 Å². The second-order valence-corrected chi connectivity index (χ2v) is 3.92. The predicted octanol–water partition coefficient (Wildman–Crippen LogP) is 2.34. The van der Waals surface area contributed by atoms with E-state index < -0.39 is 0 Å². The molecule has 1 aromatic heterocycles. The molecule has 0 saturated heterocycles. The molecule has 15 heavy (non-hydrogen) atoms. The number of halogens is 1. The normalized spacial score (nSPS) is 10.6. The lowest BCUT2D eigenvalue weighted by molar-refractivity contribution is 0.741. The average molecular weight is 223 g/mol. The van der Waals surface area contributed by atoms with Crippen LogP contribution in [0.1, 0.15) is 5.56 Å². The van der Waals surface area contributed by atoms with Crippen molar-refractivity contribution in [3.05, 3.63) is 45.2 Å². The van der Waals surface area contributed by atoms with Gasteiger partial charge in [0.05, 0.1) is 5.69 Å². The number of nitrogens with one attached hydrogen (secondary N) is 1. The number of aryl methyl sites for hydroxylation is 1. The maximum absolute atomic E-state index is 11.5. The summed E-state index contributed by atoms with van der Waals surface area (Å²) >= 11 is 5.80. The number of nitrogens with zero attached hydrogens (tertiary/aromatic N) is 1. The first-order valence-corrected chi connectivity index (χ1v) is 4.99. The van der Waals surface area contributed by atoms with Crippen molar-refractivity contribution in [3.8, 4) is 11.3 Å². The van der Waals surface area contributed by atoms with Crippen LogP contribution in [0.15, 0.2) is 29.1 Å². The fraction of sp³-hybridized carbons (Fsp3) is 0.182. The predicted molar refractivity (Wildman–Crippen MR) is 61.2 cm³/mol. The molecule has 0 unspecified atom stereocenters. The Balaban J connectivity index is 2.59. The average Bonchev–Trinajstić information content (AvgIpc) is 2.47. The van der Waals surface area contributed by atoms with Gasteiger partial charge < -0.3 is 0 Å². The minimum atomic E-state index is -0.0000463. The summed E-state index contributed by atoms with van der Waals surface area (Å²) in [7, 11) is 1.70. The summed E-state index contributed by atoms with van der Waals surface area (Å²) in [6.07, 6.45) is 0. The molecule has 0 aliphatic carbocycles. The molecule has 0 saturated carbocycles. The van der Waals surface area contributed by atoms with Gasteiger partial charge in [0.1, 0.15) is 0 Å². The first-order chi connectivity index (χ1) is 7.09. The van der Waals surface area contributed by atoms with E-state index in [2.05, 4.69) is 5.10 Å². The van der Waals surface area contributed by atoms with Crippen molar-refractivity contribution in [2.45, 2.75) is 6.92 Å². The number of benzene rings is 1. The third-order valence-electron chi connectivity index (χ3n) is 2.41. The number of hydrogen-bond donors (Lipinski definition) is 1. The highest BCUT2D eigenvalue weighted by molar-refractivity contribution is 6.30. The minimum Gasteiger partial charge on any atom is -0.295 e. The Labute approximate surface area is 92.3 Å². The van der Waals surface area contributed by atoms with Gasteiger partial charge in [0.2, 0.25) is 0 Å². The fourth-order valence-electron chi connectivity index (χ4n) is 1.56. The molecule has 1 heterocycles. The number of rotatable bonds is 1. The van der Waals surface area contributed by atoms with E-state index in [4.69, 9.17) is 11.6 Å². The Morgan fingerprint density at radius 1 is 1.27 bits per heavy atom. The van der Waals surface area contributed by atoms with E-state index in [9.17, 15) is 4.79 Å². The van der Waals surface area contributed by atoms with Crippen LogP contribution >= 0.6 is 11.6 Å². The Bertz CT molecular complexity index is 537. The monoisotopic (exact) mass is 222 g/mol. The summed E-state index contributed by atoms with van der Waals surface area (Å²) in [6, 6.07) is 7.39. The summed E-state index contributed by atoms with van der Waals surface area (Å²) in [5.74, 6) is 0. The van der Waals surface area contributed by atoms with Gasteiger partial charge in [0.25, 0.3) is 5.56 Å². The standard InChI is InChI=1S/C11H11ClN2O/c1-7-10(13-14(2)11(7)15)8-3-5-9(12)6-4-8/h3-6,13H,1-2H3. The second-order valence-electron chi connectivity index (χ2n) is 3.48. The number of H-pyrrole nitrogens is 1. The Hall–Kier alpha value is -1.48. The van der Waals surface area contributed by atoms with Crippen molar-refractivity contribution in [2.75, 3.05) is 0 Å². The molecule has 0 radical (unpaired) electrons. The highest BCUT2D eigenvalue weighted by Crippen LogP contribution is 2.20. The first-order valence-electron chi connectivity index (χ1n) is 4.61. The second kappa shape index (κ2) is 3.59. The maximum Gasteiger partial charge on any atom is 0.269 e. The Morgan fingerprint density at radius 2 is 1.87 bits per heavy atom. The Morgan fingerprint density at radius 3 is 2.33 bits per heavy atom. The van der Waals surface area contributed by atoms with Gasteiger partial charge >= 0.3 is 0 Å². The lowest BCUT2D eigenvalue weighted by Gasteiger charge is -1.99. The molecule has 4 heteroatoms. The topological polar surface area (TPSA) is 37.8 Å². The molecular weight excluding hydrogens is 212 g/mol. The van der Waals surface area contributed by atoms with Gasteiger partial charge in [-0.2, -0.15) is 0 Å². The number of aromatic nitrogens is 2. The van der Waals surface area contributed by atoms with E-state index in [1.54, 1.807) is 7.05 Å². The number of aromatic amines is 1. The van der Waals surface area contributed by atoms with Crippen molar-refractivity contribution < 1.29 is 0 Å². The zero-order valence-corrected chi connectivity index (χ0v) is 9.30. The highest BCUT2D eigenvalue weighted by atomic mass is 35.5. The summed E-state index contributed by atoms with van der Waals surface area (Å²) in [5.41, 5.74) is 2.54. The highest BCUT2D eigenvalue weighted by Gasteiger charge is 2.08. The van der Waals surface area contributed by atoms with E-state index in [0.717, 1.165) is 16.8 Å². The van der Waals surface area contributed by atoms with Gasteiger partial charge in [-0.05, 0) is 24.6 Å². The molecule has 0 fully saturated rings. The third-order valence-corrected chi connectivity index (χ3v) is 2.66. The zero-order chi connectivity index (χ0) is 11.0. The SMILES string of the molecule is Cc1c(-c2ccc(Cl)cc2)[nH]n(C)c1=O. The molecule has 2 rings (SSSR count). The van der Waals surface area contributed by atoms with Gasteiger partial charge in [-0.15, -0.1) is 0 Å². The van der Waals surface area contributed by atoms with Crippen LogP contribution in [0.2, 0.25) is 5.02 Å². The van der Waals surface area contributed by atoms with Crippen LogP contribution in [-0.2, 0) is 7.05 Å². The molecule has 1 N–H and O–H groups in total. The lowest BCUT2D eigenvalue weighted by atomic mass is 10.1. The molecule has 0 bridgehead atoms. The van der Waals surface area contributed by atoms with Crippen molar-refractivity contribution in [1.82, 2.24) is 9.78 Å². The van der Waals surface area contributed by atoms with Crippen molar-refractivity contribution in [1.29, 1.82) is 0 Å². The van der Waals surface area contributed by atoms with Crippen LogP contribution in [0.5, 0.6) is 0 Å². The molecule has 0 atom stereocenters. The summed E-state index contributed by atoms with van der Waals surface area (Å²) < 4.78 is 1.47. The lowest BCUT2D eigenvalue weighted by Crippen LogP contribution is -2.12. The van der Waals surface area contributed by atoms with Crippen LogP contribution in [0.3, 0.4) is 0 Å². The molecular formula is C11H11ClN2O. The van der Waals surface area contributed by atoms with E-state index in [1.807, 2.05) is 31.2 Å². The van der Waals surface area contributed by atoms with Crippen LogP contribution in [0.4, 0.5) is 0 Å². The third kappa shape index (κ3) is 1.70. The van der Waals surface area contributed by atoms with Crippen molar-refractivity contribution in [2.24, 2.45) is 7.05 Å². The van der Waals surface area contributed by atoms with Gasteiger partial charge in [-0.25, -0.2) is 0 Å². The quantitative estimate of drug-likeness (QED) is 0.790. The van der Waals surface area contributed by atoms with Crippen LogP contribution in [-0.4, -0.2) is 9.78 Å². The first kappa shape index (κ1) is 10.1. The minimum absolute atomic E-state index is 0.0000463. The van der Waals surface area contributed by atoms with Crippen LogP contribution in [0, 0.1) is 6.92 Å². The zero-order valence-electron chi connectivity index (χ0n) is 8.54. The van der Waals surface area contributed by atoms with E-state index in [0.29, 0.717) is 5.02 Å². The molecule has 78 valence electrons. The van der Waals surface area contributed by atoms with E-state index in [-0.39, 0.29) is 5.56 Å². The van der Waals surface area contributed by atoms with Crippen molar-refractivity contribution >= 4 is 11.6 Å². The molecule has 3 nitrogen and oxygen atoms in total. The number of hydrogen-bond acceptors (Lipinski definition) is 1. The smallest absolute Gasteiger partial charge is 0.269 e. The van der Waals surface area contributed by atoms with Crippen LogP contribution in [0.25, 0.3) is 11.3 Å². The maximum atomic E-state index is 11.5. The molecule has 0 aliphatic heterocycles. The van der Waals surface area contributed by atoms with Gasteiger partial charge in [0.15, 0.2) is 0 Å².